The lowest BCUT2D eigenvalue weighted by Gasteiger charge is -2.21. The van der Waals surface area contributed by atoms with Gasteiger partial charge in [0.2, 0.25) is 0 Å². The van der Waals surface area contributed by atoms with Crippen molar-refractivity contribution in [2.75, 3.05) is 0 Å². The van der Waals surface area contributed by atoms with Crippen molar-refractivity contribution < 1.29 is 4.79 Å². The van der Waals surface area contributed by atoms with Crippen molar-refractivity contribution in [3.05, 3.63) is 12.7 Å². The quantitative estimate of drug-likeness (QED) is 0.409. The highest BCUT2D eigenvalue weighted by atomic mass is 16.1. The van der Waals surface area contributed by atoms with Gasteiger partial charge in [-0.25, -0.2) is 0 Å². The van der Waals surface area contributed by atoms with Gasteiger partial charge in [0, 0.05) is 18.8 Å². The highest BCUT2D eigenvalue weighted by Crippen LogP contribution is 2.26. The van der Waals surface area contributed by atoms with E-state index in [1.807, 2.05) is 6.08 Å². The summed E-state index contributed by atoms with van der Waals surface area (Å²) < 4.78 is 0. The fraction of sp³-hybridized carbons (Fsp3) is 0.500. The Morgan fingerprint density at radius 2 is 2.36 bits per heavy atom. The Morgan fingerprint density at radius 3 is 2.91 bits per heavy atom. The predicted molar refractivity (Wildman–Crippen MR) is 44.9 cm³/mol. The van der Waals surface area contributed by atoms with Crippen molar-refractivity contribution in [3.63, 3.8) is 0 Å². The van der Waals surface area contributed by atoms with Crippen molar-refractivity contribution in [1.29, 1.82) is 0 Å². The van der Waals surface area contributed by atoms with Crippen LogP contribution in [-0.2, 0) is 4.79 Å². The average molecular weight is 148 g/mol. The zero-order chi connectivity index (χ0) is 8.27. The van der Waals surface area contributed by atoms with E-state index < -0.39 is 0 Å². The average Bonchev–Trinajstić information content (AvgIpc) is 2.03. The minimum atomic E-state index is 0.152. The SMILES string of the molecule is C#CC1CC(=O)CC(C=C)C1. The zero-order valence-corrected chi connectivity index (χ0v) is 6.55. The molecule has 1 heteroatoms. The molecule has 1 aliphatic rings. The van der Waals surface area contributed by atoms with E-state index in [9.17, 15) is 4.79 Å². The van der Waals surface area contributed by atoms with Crippen molar-refractivity contribution in [2.45, 2.75) is 19.3 Å². The summed E-state index contributed by atoms with van der Waals surface area (Å²) in [7, 11) is 0. The van der Waals surface area contributed by atoms with Gasteiger partial charge in [-0.15, -0.1) is 18.9 Å². The molecule has 1 fully saturated rings. The lowest BCUT2D eigenvalue weighted by Crippen LogP contribution is -2.20. The van der Waals surface area contributed by atoms with Crippen LogP contribution in [0.2, 0.25) is 0 Å². The summed E-state index contributed by atoms with van der Waals surface area (Å²) in [6.07, 6.45) is 9.23. The first-order valence-corrected chi connectivity index (χ1v) is 3.86. The maximum Gasteiger partial charge on any atom is 0.134 e. The van der Waals surface area contributed by atoms with Crippen LogP contribution in [0.15, 0.2) is 12.7 Å². The van der Waals surface area contributed by atoms with Gasteiger partial charge in [0.15, 0.2) is 0 Å². The van der Waals surface area contributed by atoms with Crippen LogP contribution in [-0.4, -0.2) is 5.78 Å². The first-order chi connectivity index (χ1) is 5.26. The van der Waals surface area contributed by atoms with E-state index in [0.717, 1.165) is 6.42 Å². The number of Topliss-reactive ketones (excluding diaryl/α,β-unsaturated/α-hetero) is 1. The number of carbonyl (C=O) groups is 1. The van der Waals surface area contributed by atoms with Gasteiger partial charge < -0.3 is 0 Å². The monoisotopic (exact) mass is 148 g/mol. The largest absolute Gasteiger partial charge is 0.300 e. The van der Waals surface area contributed by atoms with Gasteiger partial charge in [0.25, 0.3) is 0 Å². The summed E-state index contributed by atoms with van der Waals surface area (Å²) in [4.78, 5) is 11.1. The molecule has 0 saturated heterocycles. The summed E-state index contributed by atoms with van der Waals surface area (Å²) in [6, 6.07) is 0. The van der Waals surface area contributed by atoms with Gasteiger partial charge in [-0.3, -0.25) is 4.79 Å². The fourth-order valence-corrected chi connectivity index (χ4v) is 1.49. The molecule has 1 nitrogen and oxygen atoms in total. The predicted octanol–water partition coefficient (Wildman–Crippen LogP) is 1.79. The molecular formula is C10H12O. The Labute approximate surface area is 67.5 Å². The van der Waals surface area contributed by atoms with Crippen LogP contribution in [0.1, 0.15) is 19.3 Å². The van der Waals surface area contributed by atoms with E-state index >= 15 is 0 Å². The molecule has 0 bridgehead atoms. The van der Waals surface area contributed by atoms with Gasteiger partial charge in [-0.05, 0) is 12.3 Å². The standard InChI is InChI=1S/C10H12O/c1-3-8-5-9(4-2)7-10(11)6-8/h1,4,8-9H,2,5-7H2. The molecule has 0 spiro atoms. The van der Waals surface area contributed by atoms with Crippen LogP contribution in [0.5, 0.6) is 0 Å². The summed E-state index contributed by atoms with van der Waals surface area (Å²) >= 11 is 0. The van der Waals surface area contributed by atoms with E-state index in [1.165, 1.54) is 0 Å². The smallest absolute Gasteiger partial charge is 0.134 e. The lowest BCUT2D eigenvalue weighted by molar-refractivity contribution is -0.121. The molecule has 1 aliphatic carbocycles. The third-order valence-corrected chi connectivity index (χ3v) is 2.12. The summed E-state index contributed by atoms with van der Waals surface area (Å²) in [5, 5.41) is 0. The highest BCUT2D eigenvalue weighted by molar-refractivity contribution is 5.80. The van der Waals surface area contributed by atoms with Crippen molar-refractivity contribution >= 4 is 5.78 Å². The molecule has 0 N–H and O–H groups in total. The molecule has 0 radical (unpaired) electrons. The minimum absolute atomic E-state index is 0.152. The first-order valence-electron chi connectivity index (χ1n) is 3.86. The van der Waals surface area contributed by atoms with Crippen LogP contribution in [0.4, 0.5) is 0 Å². The van der Waals surface area contributed by atoms with E-state index in [2.05, 4.69) is 12.5 Å². The second-order valence-corrected chi connectivity index (χ2v) is 3.04. The first kappa shape index (κ1) is 8.07. The number of hydrogen-bond donors (Lipinski definition) is 0. The molecular weight excluding hydrogens is 136 g/mol. The molecule has 0 aromatic heterocycles. The fourth-order valence-electron chi connectivity index (χ4n) is 1.49. The topological polar surface area (TPSA) is 17.1 Å². The van der Waals surface area contributed by atoms with Gasteiger partial charge >= 0.3 is 0 Å². The Kier molecular flexibility index (Phi) is 2.48. The molecule has 58 valence electrons. The summed E-state index contributed by atoms with van der Waals surface area (Å²) in [5.74, 6) is 3.38. The third kappa shape index (κ3) is 1.94. The van der Waals surface area contributed by atoms with Crippen LogP contribution in [0, 0.1) is 24.2 Å². The molecule has 2 atom stereocenters. The van der Waals surface area contributed by atoms with Crippen LogP contribution in [0.3, 0.4) is 0 Å². The molecule has 0 aromatic rings. The second-order valence-electron chi connectivity index (χ2n) is 3.04. The van der Waals surface area contributed by atoms with Crippen molar-refractivity contribution in [2.24, 2.45) is 11.8 Å². The lowest BCUT2D eigenvalue weighted by atomic mass is 9.81. The van der Waals surface area contributed by atoms with Crippen molar-refractivity contribution in [3.8, 4) is 12.3 Å². The molecule has 1 rings (SSSR count). The molecule has 0 aromatic carbocycles. The van der Waals surface area contributed by atoms with E-state index in [1.54, 1.807) is 0 Å². The number of hydrogen-bond acceptors (Lipinski definition) is 1. The maximum absolute atomic E-state index is 11.1. The number of rotatable bonds is 1. The number of allylic oxidation sites excluding steroid dienone is 1. The molecule has 0 amide bonds. The molecule has 0 heterocycles. The normalized spacial score (nSPS) is 31.0. The Bertz CT molecular complexity index is 209. The molecule has 11 heavy (non-hydrogen) atoms. The summed E-state index contributed by atoms with van der Waals surface area (Å²) in [5.41, 5.74) is 0. The summed E-state index contributed by atoms with van der Waals surface area (Å²) in [6.45, 7) is 3.67. The highest BCUT2D eigenvalue weighted by Gasteiger charge is 2.23. The maximum atomic E-state index is 11.1. The van der Waals surface area contributed by atoms with Gasteiger partial charge in [-0.1, -0.05) is 6.08 Å². The van der Waals surface area contributed by atoms with Gasteiger partial charge in [-0.2, -0.15) is 0 Å². The second kappa shape index (κ2) is 3.39. The van der Waals surface area contributed by atoms with E-state index in [-0.39, 0.29) is 11.7 Å². The van der Waals surface area contributed by atoms with Crippen LogP contribution < -0.4 is 0 Å². The van der Waals surface area contributed by atoms with Gasteiger partial charge in [0.05, 0.1) is 0 Å². The molecule has 1 saturated carbocycles. The number of terminal acetylenes is 1. The van der Waals surface area contributed by atoms with E-state index in [4.69, 9.17) is 6.42 Å². The van der Waals surface area contributed by atoms with Crippen molar-refractivity contribution in [1.82, 2.24) is 0 Å². The Hall–Kier alpha value is -1.03. The number of carbonyl (C=O) groups excluding carboxylic acids is 1. The molecule has 2 unspecified atom stereocenters. The van der Waals surface area contributed by atoms with Crippen LogP contribution in [0.25, 0.3) is 0 Å². The third-order valence-electron chi connectivity index (χ3n) is 2.12. The van der Waals surface area contributed by atoms with Gasteiger partial charge in [0.1, 0.15) is 5.78 Å². The Balaban J connectivity index is 2.58. The zero-order valence-electron chi connectivity index (χ0n) is 6.55. The minimum Gasteiger partial charge on any atom is -0.300 e. The van der Waals surface area contributed by atoms with Crippen LogP contribution >= 0.6 is 0 Å². The van der Waals surface area contributed by atoms with E-state index in [0.29, 0.717) is 18.8 Å². The Morgan fingerprint density at radius 1 is 1.64 bits per heavy atom. The number of ketones is 1. The molecule has 0 aliphatic heterocycles.